The average molecular weight is 341 g/mol. The van der Waals surface area contributed by atoms with E-state index in [2.05, 4.69) is 22.0 Å². The molecule has 2 unspecified atom stereocenters. The normalized spacial score (nSPS) is 25.1. The van der Waals surface area contributed by atoms with Crippen molar-refractivity contribution in [3.63, 3.8) is 0 Å². The molecule has 2 fully saturated rings. The zero-order valence-corrected chi connectivity index (χ0v) is 14.1. The number of hydrogen-bond acceptors (Lipinski definition) is 3. The number of hydrogen-bond donors (Lipinski definition) is 1. The fourth-order valence-corrected chi connectivity index (χ4v) is 3.81. The van der Waals surface area contributed by atoms with Crippen molar-refractivity contribution in [1.29, 1.82) is 0 Å². The second kappa shape index (κ2) is 7.42. The largest absolute Gasteiger partial charge is 0.416 e. The van der Waals surface area contributed by atoms with Crippen LogP contribution in [-0.2, 0) is 6.18 Å². The monoisotopic (exact) mass is 341 g/mol. The van der Waals surface area contributed by atoms with Crippen molar-refractivity contribution in [3.05, 3.63) is 35.4 Å². The summed E-state index contributed by atoms with van der Waals surface area (Å²) in [5.41, 5.74) is 0.237. The number of nitrogens with zero attached hydrogens (tertiary/aromatic N) is 2. The quantitative estimate of drug-likeness (QED) is 0.908. The van der Waals surface area contributed by atoms with E-state index in [4.69, 9.17) is 0 Å². The van der Waals surface area contributed by atoms with Crippen molar-refractivity contribution < 1.29 is 13.2 Å². The lowest BCUT2D eigenvalue weighted by Crippen LogP contribution is -2.52. The minimum atomic E-state index is -4.29. The molecule has 134 valence electrons. The molecular weight excluding hydrogens is 315 g/mol. The molecule has 24 heavy (non-hydrogen) atoms. The first-order valence-electron chi connectivity index (χ1n) is 8.80. The van der Waals surface area contributed by atoms with E-state index in [0.717, 1.165) is 50.9 Å². The minimum Gasteiger partial charge on any atom is -0.312 e. The Morgan fingerprint density at radius 3 is 2.62 bits per heavy atom. The lowest BCUT2D eigenvalue weighted by Gasteiger charge is -2.39. The standard InChI is InChI=1S/C18H26F3N3/c1-14-12-24(10-7-22-14)17(13-23-8-2-3-9-23)15-5-4-6-16(11-15)18(19,20)21/h4-6,11,14,17,22H,2-3,7-10,12-13H2,1H3. The number of halogens is 3. The minimum absolute atomic E-state index is 0.0231. The molecule has 0 spiro atoms. The number of benzene rings is 1. The highest BCUT2D eigenvalue weighted by atomic mass is 19.4. The van der Waals surface area contributed by atoms with Gasteiger partial charge in [0.2, 0.25) is 0 Å². The van der Waals surface area contributed by atoms with Gasteiger partial charge in [0, 0.05) is 38.3 Å². The molecule has 6 heteroatoms. The zero-order valence-electron chi connectivity index (χ0n) is 14.1. The topological polar surface area (TPSA) is 18.5 Å². The molecule has 2 aliphatic heterocycles. The summed E-state index contributed by atoms with van der Waals surface area (Å²) in [5.74, 6) is 0. The summed E-state index contributed by atoms with van der Waals surface area (Å²) in [6.07, 6.45) is -1.91. The fraction of sp³-hybridized carbons (Fsp3) is 0.667. The van der Waals surface area contributed by atoms with E-state index >= 15 is 0 Å². The van der Waals surface area contributed by atoms with E-state index in [1.807, 2.05) is 6.07 Å². The molecule has 0 bridgehead atoms. The molecule has 0 radical (unpaired) electrons. The van der Waals surface area contributed by atoms with E-state index in [-0.39, 0.29) is 6.04 Å². The second-order valence-electron chi connectivity index (χ2n) is 7.00. The van der Waals surface area contributed by atoms with Gasteiger partial charge in [0.1, 0.15) is 0 Å². The Bertz CT molecular complexity index is 541. The number of likely N-dealkylation sites (tertiary alicyclic amines) is 1. The SMILES string of the molecule is CC1CN(C(CN2CCCC2)c2cccc(C(F)(F)F)c2)CCN1. The highest BCUT2D eigenvalue weighted by molar-refractivity contribution is 5.28. The first-order chi connectivity index (χ1) is 11.4. The molecule has 0 amide bonds. The predicted molar refractivity (Wildman–Crippen MR) is 88.9 cm³/mol. The summed E-state index contributed by atoms with van der Waals surface area (Å²) in [6.45, 7) is 7.68. The zero-order chi connectivity index (χ0) is 17.2. The van der Waals surface area contributed by atoms with Gasteiger partial charge in [0.25, 0.3) is 0 Å². The molecule has 2 saturated heterocycles. The molecule has 3 rings (SSSR count). The molecule has 0 aliphatic carbocycles. The third-order valence-electron chi connectivity index (χ3n) is 5.07. The van der Waals surface area contributed by atoms with Gasteiger partial charge < -0.3 is 10.2 Å². The third kappa shape index (κ3) is 4.29. The van der Waals surface area contributed by atoms with Gasteiger partial charge in [0.15, 0.2) is 0 Å². The van der Waals surface area contributed by atoms with Crippen molar-refractivity contribution in [1.82, 2.24) is 15.1 Å². The van der Waals surface area contributed by atoms with E-state index in [1.54, 1.807) is 6.07 Å². The second-order valence-corrected chi connectivity index (χ2v) is 7.00. The van der Waals surface area contributed by atoms with Gasteiger partial charge in [-0.1, -0.05) is 12.1 Å². The third-order valence-corrected chi connectivity index (χ3v) is 5.07. The Morgan fingerprint density at radius 1 is 1.21 bits per heavy atom. The van der Waals surface area contributed by atoms with Gasteiger partial charge >= 0.3 is 6.18 Å². The average Bonchev–Trinajstić information content (AvgIpc) is 3.05. The molecule has 1 aromatic rings. The maximum Gasteiger partial charge on any atom is 0.416 e. The van der Waals surface area contributed by atoms with Crippen molar-refractivity contribution in [2.24, 2.45) is 0 Å². The van der Waals surface area contributed by atoms with E-state index in [9.17, 15) is 13.2 Å². The smallest absolute Gasteiger partial charge is 0.312 e. The van der Waals surface area contributed by atoms with Crippen molar-refractivity contribution in [2.75, 3.05) is 39.3 Å². The van der Waals surface area contributed by atoms with Crippen molar-refractivity contribution in [3.8, 4) is 0 Å². The number of rotatable bonds is 4. The van der Waals surface area contributed by atoms with Crippen LogP contribution < -0.4 is 5.32 Å². The van der Waals surface area contributed by atoms with Gasteiger partial charge in [0.05, 0.1) is 5.56 Å². The lowest BCUT2D eigenvalue weighted by atomic mass is 10.00. The van der Waals surface area contributed by atoms with E-state index < -0.39 is 11.7 Å². The molecule has 3 nitrogen and oxygen atoms in total. The lowest BCUT2D eigenvalue weighted by molar-refractivity contribution is -0.137. The van der Waals surface area contributed by atoms with Gasteiger partial charge in [-0.05, 0) is 50.6 Å². The summed E-state index contributed by atoms with van der Waals surface area (Å²) in [4.78, 5) is 4.73. The maximum absolute atomic E-state index is 13.1. The Labute approximate surface area is 141 Å². The summed E-state index contributed by atoms with van der Waals surface area (Å²) in [6, 6.07) is 6.29. The van der Waals surface area contributed by atoms with Gasteiger partial charge in [-0.25, -0.2) is 0 Å². The van der Waals surface area contributed by atoms with Crippen molar-refractivity contribution >= 4 is 0 Å². The first-order valence-corrected chi connectivity index (χ1v) is 8.80. The summed E-state index contributed by atoms with van der Waals surface area (Å²) < 4.78 is 39.3. The van der Waals surface area contributed by atoms with Gasteiger partial charge in [-0.3, -0.25) is 4.90 Å². The molecular formula is C18H26F3N3. The van der Waals surface area contributed by atoms with Gasteiger partial charge in [-0.2, -0.15) is 13.2 Å². The van der Waals surface area contributed by atoms with Crippen molar-refractivity contribution in [2.45, 2.75) is 38.0 Å². The molecule has 0 saturated carbocycles. The molecule has 2 aliphatic rings. The van der Waals surface area contributed by atoms with Gasteiger partial charge in [-0.15, -0.1) is 0 Å². The first kappa shape index (κ1) is 17.7. The van der Waals surface area contributed by atoms with E-state index in [1.165, 1.54) is 18.9 Å². The molecule has 2 atom stereocenters. The van der Waals surface area contributed by atoms with Crippen LogP contribution in [0.2, 0.25) is 0 Å². The Balaban J connectivity index is 1.85. The number of alkyl halides is 3. The van der Waals surface area contributed by atoms with E-state index in [0.29, 0.717) is 6.04 Å². The maximum atomic E-state index is 13.1. The van der Waals surface area contributed by atoms with Crippen LogP contribution in [-0.4, -0.2) is 55.1 Å². The van der Waals surface area contributed by atoms with Crippen LogP contribution in [0.3, 0.4) is 0 Å². The van der Waals surface area contributed by atoms with Crippen LogP contribution >= 0.6 is 0 Å². The number of nitrogens with one attached hydrogen (secondary N) is 1. The Kier molecular flexibility index (Phi) is 5.47. The summed E-state index contributed by atoms with van der Waals surface area (Å²) in [7, 11) is 0. The predicted octanol–water partition coefficient (Wildman–Crippen LogP) is 3.14. The molecule has 1 N–H and O–H groups in total. The summed E-state index contributed by atoms with van der Waals surface area (Å²) in [5, 5.41) is 3.41. The van der Waals surface area contributed by atoms with Crippen LogP contribution in [0.15, 0.2) is 24.3 Å². The Hall–Kier alpha value is -1.11. The van der Waals surface area contributed by atoms with Crippen LogP contribution in [0, 0.1) is 0 Å². The molecule has 1 aromatic carbocycles. The highest BCUT2D eigenvalue weighted by Gasteiger charge is 2.33. The van der Waals surface area contributed by atoms with Crippen LogP contribution in [0.5, 0.6) is 0 Å². The molecule has 2 heterocycles. The number of piperazine rings is 1. The fourth-order valence-electron chi connectivity index (χ4n) is 3.81. The van der Waals surface area contributed by atoms with Crippen LogP contribution in [0.25, 0.3) is 0 Å². The summed E-state index contributed by atoms with van der Waals surface area (Å²) >= 11 is 0. The highest BCUT2D eigenvalue weighted by Crippen LogP contribution is 2.33. The Morgan fingerprint density at radius 2 is 1.96 bits per heavy atom. The van der Waals surface area contributed by atoms with Crippen LogP contribution in [0.4, 0.5) is 13.2 Å². The van der Waals surface area contributed by atoms with Crippen LogP contribution in [0.1, 0.15) is 36.9 Å². The molecule has 0 aromatic heterocycles.